The van der Waals surface area contributed by atoms with E-state index in [-0.39, 0.29) is 0 Å². The maximum absolute atomic E-state index is 4.16. The Morgan fingerprint density at radius 2 is 0.871 bits per heavy atom. The zero-order chi connectivity index (χ0) is 23.2. The summed E-state index contributed by atoms with van der Waals surface area (Å²) < 4.78 is 0. The van der Waals surface area contributed by atoms with Crippen LogP contribution in [0.15, 0.2) is 0 Å². The first kappa shape index (κ1) is 31.0. The fourth-order valence-electron chi connectivity index (χ4n) is 6.31. The Hall–Kier alpha value is 0. The van der Waals surface area contributed by atoms with Crippen molar-refractivity contribution in [2.24, 2.45) is 17.3 Å². The smallest absolute Gasteiger partial charge is 0.0292 e. The van der Waals surface area contributed by atoms with Crippen molar-refractivity contribution in [1.82, 2.24) is 0 Å². The Morgan fingerprint density at radius 1 is 0.484 bits per heavy atom. The quantitative estimate of drug-likeness (QED) is 0.132. The second kappa shape index (κ2) is 21.8. The van der Waals surface area contributed by atoms with Gasteiger partial charge in [-0.05, 0) is 42.9 Å². The van der Waals surface area contributed by atoms with Gasteiger partial charge in [-0.3, -0.25) is 0 Å². The first-order chi connectivity index (χ1) is 15.1. The molecule has 0 fully saturated rings. The number of hydrogen-bond donors (Lipinski definition) is 0. The van der Waals surface area contributed by atoms with Gasteiger partial charge in [-0.25, -0.2) is 0 Å². The Kier molecular flexibility index (Phi) is 21.8. The molecular formula is C31H63. The van der Waals surface area contributed by atoms with Crippen LogP contribution in [0, 0.1) is 24.2 Å². The average Bonchev–Trinajstić information content (AvgIpc) is 2.74. The van der Waals surface area contributed by atoms with Crippen LogP contribution in [-0.4, -0.2) is 0 Å². The van der Waals surface area contributed by atoms with Crippen LogP contribution in [0.25, 0.3) is 0 Å². The zero-order valence-corrected chi connectivity index (χ0v) is 22.9. The molecule has 0 aliphatic heterocycles. The average molecular weight is 436 g/mol. The molecule has 0 atom stereocenters. The number of rotatable bonds is 24. The summed E-state index contributed by atoms with van der Waals surface area (Å²) in [5.41, 5.74) is 0.614. The lowest BCUT2D eigenvalue weighted by Crippen LogP contribution is -2.28. The largest absolute Gasteiger partial charge is 0.0654 e. The molecule has 0 aromatic carbocycles. The lowest BCUT2D eigenvalue weighted by molar-refractivity contribution is 0.110. The Morgan fingerprint density at radius 3 is 1.26 bits per heavy atom. The maximum atomic E-state index is 4.16. The van der Waals surface area contributed by atoms with Gasteiger partial charge in [-0.1, -0.05) is 157 Å². The van der Waals surface area contributed by atoms with Crippen LogP contribution in [0.5, 0.6) is 0 Å². The van der Waals surface area contributed by atoms with Crippen molar-refractivity contribution in [3.05, 3.63) is 6.92 Å². The summed E-state index contributed by atoms with van der Waals surface area (Å²) in [5, 5.41) is 0. The predicted octanol–water partition coefficient (Wildman–Crippen LogP) is 11.7. The van der Waals surface area contributed by atoms with Crippen LogP contribution in [0.3, 0.4) is 0 Å². The highest BCUT2D eigenvalue weighted by Gasteiger charge is 2.34. The van der Waals surface area contributed by atoms with E-state index in [0.717, 1.165) is 18.3 Å². The van der Waals surface area contributed by atoms with E-state index in [4.69, 9.17) is 0 Å². The van der Waals surface area contributed by atoms with E-state index in [9.17, 15) is 0 Å². The Labute approximate surface area is 200 Å². The van der Waals surface area contributed by atoms with Crippen molar-refractivity contribution >= 4 is 0 Å². The summed E-state index contributed by atoms with van der Waals surface area (Å²) in [5.74, 6) is 1.92. The molecule has 0 nitrogen and oxygen atoms in total. The second-order valence-electron chi connectivity index (χ2n) is 11.0. The van der Waals surface area contributed by atoms with Crippen LogP contribution >= 0.6 is 0 Å². The van der Waals surface area contributed by atoms with Crippen molar-refractivity contribution in [2.75, 3.05) is 0 Å². The number of unbranched alkanes of at least 4 members (excludes halogenated alkanes) is 8. The van der Waals surface area contributed by atoms with Gasteiger partial charge in [0, 0.05) is 0 Å². The summed E-state index contributed by atoms with van der Waals surface area (Å²) in [6.45, 7) is 16.1. The van der Waals surface area contributed by atoms with E-state index < -0.39 is 0 Å². The molecule has 0 aliphatic rings. The highest BCUT2D eigenvalue weighted by molar-refractivity contribution is 4.85. The van der Waals surface area contributed by atoms with Crippen molar-refractivity contribution < 1.29 is 0 Å². The minimum absolute atomic E-state index is 0.614. The Balaban J connectivity index is 5.32. The van der Waals surface area contributed by atoms with Crippen LogP contribution in [-0.2, 0) is 0 Å². The van der Waals surface area contributed by atoms with Gasteiger partial charge in [0.1, 0.15) is 0 Å². The molecule has 1 radical (unpaired) electrons. The molecule has 0 spiro atoms. The van der Waals surface area contributed by atoms with Crippen molar-refractivity contribution in [3.63, 3.8) is 0 Å². The summed E-state index contributed by atoms with van der Waals surface area (Å²) in [4.78, 5) is 0. The topological polar surface area (TPSA) is 0 Å². The minimum atomic E-state index is 0.614. The predicted molar refractivity (Wildman–Crippen MR) is 145 cm³/mol. The monoisotopic (exact) mass is 435 g/mol. The molecule has 187 valence electrons. The van der Waals surface area contributed by atoms with Crippen LogP contribution in [0.1, 0.15) is 176 Å². The molecule has 0 bridgehead atoms. The molecule has 0 aromatic heterocycles. The van der Waals surface area contributed by atoms with Gasteiger partial charge in [0.15, 0.2) is 0 Å². The second-order valence-corrected chi connectivity index (χ2v) is 11.0. The molecule has 0 unspecified atom stereocenters. The van der Waals surface area contributed by atoms with Gasteiger partial charge in [0.2, 0.25) is 0 Å². The maximum Gasteiger partial charge on any atom is -0.0292 e. The standard InChI is InChI=1S/C31H63/c1-7-13-15-16-17-18-20-26-31(25-19-14-8-2,27-29(21-9-3)22-10-4)28-30(23-11-5)24-12-6/h29-30H,2,7-28H2,1,3-6H3. The van der Waals surface area contributed by atoms with Crippen LogP contribution in [0.2, 0.25) is 0 Å². The van der Waals surface area contributed by atoms with Gasteiger partial charge in [0.25, 0.3) is 0 Å². The number of hydrogen-bond acceptors (Lipinski definition) is 0. The van der Waals surface area contributed by atoms with Gasteiger partial charge in [-0.15, -0.1) is 0 Å². The van der Waals surface area contributed by atoms with E-state index >= 15 is 0 Å². The van der Waals surface area contributed by atoms with E-state index in [1.54, 1.807) is 0 Å². The summed E-state index contributed by atoms with van der Waals surface area (Å²) in [6, 6.07) is 0. The summed E-state index contributed by atoms with van der Waals surface area (Å²) in [7, 11) is 0. The molecular weight excluding hydrogens is 372 g/mol. The molecule has 0 saturated heterocycles. The van der Waals surface area contributed by atoms with Gasteiger partial charge in [-0.2, -0.15) is 0 Å². The lowest BCUT2D eigenvalue weighted by atomic mass is 9.65. The first-order valence-electron chi connectivity index (χ1n) is 14.9. The molecule has 0 aromatic rings. The molecule has 0 heterocycles. The van der Waals surface area contributed by atoms with Gasteiger partial charge >= 0.3 is 0 Å². The molecule has 0 rings (SSSR count). The van der Waals surface area contributed by atoms with Crippen LogP contribution < -0.4 is 0 Å². The molecule has 0 saturated carbocycles. The van der Waals surface area contributed by atoms with Gasteiger partial charge < -0.3 is 0 Å². The van der Waals surface area contributed by atoms with Crippen molar-refractivity contribution in [2.45, 2.75) is 176 Å². The van der Waals surface area contributed by atoms with E-state index in [2.05, 4.69) is 41.5 Å². The fourth-order valence-corrected chi connectivity index (χ4v) is 6.31. The third-order valence-electron chi connectivity index (χ3n) is 7.75. The minimum Gasteiger partial charge on any atom is -0.0654 e. The van der Waals surface area contributed by atoms with Crippen LogP contribution in [0.4, 0.5) is 0 Å². The molecule has 0 amide bonds. The third kappa shape index (κ3) is 16.3. The Bertz CT molecular complexity index is 314. The molecule has 0 N–H and O–H groups in total. The van der Waals surface area contributed by atoms with Crippen molar-refractivity contribution in [1.29, 1.82) is 0 Å². The van der Waals surface area contributed by atoms with E-state index in [0.29, 0.717) is 5.41 Å². The summed E-state index contributed by atoms with van der Waals surface area (Å²) >= 11 is 0. The SMILES string of the molecule is [CH2]CCCCC(CCCCCCCCC)(CC(CCC)CCC)CC(CCC)CCC. The van der Waals surface area contributed by atoms with Gasteiger partial charge in [0.05, 0.1) is 0 Å². The molecule has 0 heteroatoms. The lowest BCUT2D eigenvalue weighted by Gasteiger charge is -2.40. The third-order valence-corrected chi connectivity index (χ3v) is 7.75. The molecule has 0 aliphatic carbocycles. The van der Waals surface area contributed by atoms with Crippen molar-refractivity contribution in [3.8, 4) is 0 Å². The van der Waals surface area contributed by atoms with E-state index in [1.165, 1.54) is 135 Å². The highest BCUT2D eigenvalue weighted by atomic mass is 14.4. The van der Waals surface area contributed by atoms with E-state index in [1.807, 2.05) is 0 Å². The zero-order valence-electron chi connectivity index (χ0n) is 22.9. The molecule has 31 heavy (non-hydrogen) atoms. The fraction of sp³-hybridized carbons (Fsp3) is 0.968. The normalized spacial score (nSPS) is 12.4. The first-order valence-corrected chi connectivity index (χ1v) is 14.9. The highest BCUT2D eigenvalue weighted by Crippen LogP contribution is 2.46. The summed E-state index contributed by atoms with van der Waals surface area (Å²) in [6.07, 6.45) is 31.3.